The fourth-order valence-corrected chi connectivity index (χ4v) is 4.06. The van der Waals surface area contributed by atoms with Gasteiger partial charge in [-0.05, 0) is 50.1 Å². The van der Waals surface area contributed by atoms with Gasteiger partial charge in [0, 0.05) is 37.7 Å². The molecule has 146 valence electrons. The lowest BCUT2D eigenvalue weighted by Crippen LogP contribution is -2.25. The van der Waals surface area contributed by atoms with Crippen LogP contribution in [0, 0.1) is 13.8 Å². The van der Waals surface area contributed by atoms with E-state index in [0.29, 0.717) is 26.2 Å². The quantitative estimate of drug-likeness (QED) is 0.605. The first kappa shape index (κ1) is 18.7. The number of hydrogen-bond acceptors (Lipinski definition) is 3. The zero-order valence-corrected chi connectivity index (χ0v) is 16.8. The van der Waals surface area contributed by atoms with Crippen LogP contribution < -0.4 is 4.90 Å². The van der Waals surface area contributed by atoms with Crippen molar-refractivity contribution in [2.75, 3.05) is 24.7 Å². The van der Waals surface area contributed by atoms with Gasteiger partial charge in [0.15, 0.2) is 0 Å². The molecule has 2 aromatic carbocycles. The molecular weight excluding hydrogens is 350 g/mol. The summed E-state index contributed by atoms with van der Waals surface area (Å²) in [6.07, 6.45) is 0.491. The van der Waals surface area contributed by atoms with Crippen molar-refractivity contribution in [1.29, 1.82) is 0 Å². The lowest BCUT2D eigenvalue weighted by atomic mass is 10.1. The first-order valence-corrected chi connectivity index (χ1v) is 9.99. The van der Waals surface area contributed by atoms with Gasteiger partial charge in [0.1, 0.15) is 5.82 Å². The second-order valence-corrected chi connectivity index (χ2v) is 7.50. The van der Waals surface area contributed by atoms with Crippen LogP contribution in [0.4, 0.5) is 5.69 Å². The molecule has 2 heterocycles. The number of aromatic nitrogens is 2. The number of ether oxygens (including phenoxy) is 1. The van der Waals surface area contributed by atoms with Gasteiger partial charge < -0.3 is 14.2 Å². The molecule has 1 aliphatic heterocycles. The molecular formula is C23H27N3O2. The summed E-state index contributed by atoms with van der Waals surface area (Å²) in [5.74, 6) is 1.24. The number of anilines is 1. The van der Waals surface area contributed by atoms with Gasteiger partial charge in [-0.1, -0.05) is 24.3 Å². The molecule has 1 aliphatic rings. The minimum Gasteiger partial charge on any atom is -0.380 e. The molecule has 0 bridgehead atoms. The molecule has 4 rings (SSSR count). The zero-order valence-electron chi connectivity index (χ0n) is 16.8. The second kappa shape index (κ2) is 7.76. The summed E-state index contributed by atoms with van der Waals surface area (Å²) >= 11 is 0. The molecule has 0 spiro atoms. The zero-order chi connectivity index (χ0) is 19.7. The Morgan fingerprint density at radius 1 is 1.18 bits per heavy atom. The largest absolute Gasteiger partial charge is 0.380 e. The van der Waals surface area contributed by atoms with E-state index in [0.717, 1.165) is 34.7 Å². The summed E-state index contributed by atoms with van der Waals surface area (Å²) in [7, 11) is 0. The van der Waals surface area contributed by atoms with E-state index in [-0.39, 0.29) is 11.8 Å². The number of aryl methyl sites for hydroxylation is 2. The van der Waals surface area contributed by atoms with Gasteiger partial charge in [-0.15, -0.1) is 0 Å². The van der Waals surface area contributed by atoms with E-state index in [4.69, 9.17) is 9.72 Å². The van der Waals surface area contributed by atoms with Crippen molar-refractivity contribution in [3.05, 3.63) is 59.4 Å². The van der Waals surface area contributed by atoms with Crippen LogP contribution in [0.2, 0.25) is 0 Å². The summed E-state index contributed by atoms with van der Waals surface area (Å²) in [5.41, 5.74) is 5.40. The maximum atomic E-state index is 12.9. The molecule has 5 nitrogen and oxygen atoms in total. The van der Waals surface area contributed by atoms with Crippen molar-refractivity contribution in [2.45, 2.75) is 39.7 Å². The predicted molar refractivity (Wildman–Crippen MR) is 112 cm³/mol. The van der Waals surface area contributed by atoms with Crippen LogP contribution in [0.3, 0.4) is 0 Å². The van der Waals surface area contributed by atoms with E-state index >= 15 is 0 Å². The van der Waals surface area contributed by atoms with Crippen molar-refractivity contribution in [1.82, 2.24) is 9.55 Å². The van der Waals surface area contributed by atoms with E-state index in [1.165, 1.54) is 5.56 Å². The Bertz CT molecular complexity index is 1010. The van der Waals surface area contributed by atoms with Gasteiger partial charge in [-0.2, -0.15) is 0 Å². The third-order valence-corrected chi connectivity index (χ3v) is 5.49. The molecule has 1 amide bonds. The first-order valence-electron chi connectivity index (χ1n) is 9.99. The number of nitrogens with zero attached hydrogens (tertiary/aromatic N) is 3. The highest BCUT2D eigenvalue weighted by molar-refractivity contribution is 5.97. The van der Waals surface area contributed by atoms with Crippen molar-refractivity contribution in [3.63, 3.8) is 0 Å². The van der Waals surface area contributed by atoms with Crippen LogP contribution in [0.1, 0.15) is 36.2 Å². The van der Waals surface area contributed by atoms with E-state index in [2.05, 4.69) is 42.7 Å². The third-order valence-electron chi connectivity index (χ3n) is 5.49. The average molecular weight is 377 g/mol. The van der Waals surface area contributed by atoms with Gasteiger partial charge >= 0.3 is 0 Å². The molecule has 0 aliphatic carbocycles. The Kier molecular flexibility index (Phi) is 5.18. The van der Waals surface area contributed by atoms with Gasteiger partial charge in [0.25, 0.3) is 0 Å². The van der Waals surface area contributed by atoms with Crippen LogP contribution in [0.15, 0.2) is 42.5 Å². The number of benzene rings is 2. The number of carbonyl (C=O) groups excluding carboxylic acids is 1. The van der Waals surface area contributed by atoms with Crippen LogP contribution in [-0.2, 0) is 16.1 Å². The topological polar surface area (TPSA) is 47.4 Å². The Balaban J connectivity index is 1.68. The minimum absolute atomic E-state index is 0.0847. The lowest BCUT2D eigenvalue weighted by molar-refractivity contribution is -0.117. The molecule has 5 heteroatoms. The fourth-order valence-electron chi connectivity index (χ4n) is 4.06. The van der Waals surface area contributed by atoms with Crippen LogP contribution in [0.25, 0.3) is 11.0 Å². The molecule has 1 fully saturated rings. The maximum absolute atomic E-state index is 12.9. The molecule has 1 aromatic heterocycles. The van der Waals surface area contributed by atoms with Crippen LogP contribution >= 0.6 is 0 Å². The smallest absolute Gasteiger partial charge is 0.227 e. The lowest BCUT2D eigenvalue weighted by Gasteiger charge is -2.20. The molecule has 1 atom stereocenters. The summed E-state index contributed by atoms with van der Waals surface area (Å²) in [6.45, 7) is 8.89. The Morgan fingerprint density at radius 3 is 2.82 bits per heavy atom. The molecule has 28 heavy (non-hydrogen) atoms. The maximum Gasteiger partial charge on any atom is 0.227 e. The highest BCUT2D eigenvalue weighted by atomic mass is 16.5. The molecule has 0 N–H and O–H groups in total. The van der Waals surface area contributed by atoms with Crippen LogP contribution in [0.5, 0.6) is 0 Å². The normalized spacial score (nSPS) is 17.0. The van der Waals surface area contributed by atoms with Gasteiger partial charge in [-0.3, -0.25) is 4.79 Å². The number of fused-ring (bicyclic) bond motifs is 1. The first-order chi connectivity index (χ1) is 13.6. The fraction of sp³-hybridized carbons (Fsp3) is 0.391. The van der Waals surface area contributed by atoms with Crippen molar-refractivity contribution in [2.24, 2.45) is 0 Å². The van der Waals surface area contributed by atoms with Gasteiger partial charge in [0.05, 0.1) is 17.6 Å². The second-order valence-electron chi connectivity index (χ2n) is 7.50. The van der Waals surface area contributed by atoms with Crippen molar-refractivity contribution >= 4 is 22.6 Å². The number of amides is 1. The van der Waals surface area contributed by atoms with Crippen LogP contribution in [-0.4, -0.2) is 35.2 Å². The molecule has 0 saturated carbocycles. The summed E-state index contributed by atoms with van der Waals surface area (Å²) < 4.78 is 7.82. The number of rotatable bonds is 6. The SMILES string of the molecule is CCOCCn1c(C2CC(=O)N(c3cc(C)ccc3C)C2)nc2ccccc21. The number of para-hydroxylation sites is 2. The van der Waals surface area contributed by atoms with Crippen molar-refractivity contribution < 1.29 is 9.53 Å². The summed E-state index contributed by atoms with van der Waals surface area (Å²) in [6, 6.07) is 14.5. The Labute approximate surface area is 165 Å². The van der Waals surface area contributed by atoms with Gasteiger partial charge in [-0.25, -0.2) is 4.98 Å². The molecule has 3 aromatic rings. The highest BCUT2D eigenvalue weighted by Crippen LogP contribution is 2.34. The van der Waals surface area contributed by atoms with E-state index in [9.17, 15) is 4.79 Å². The monoisotopic (exact) mass is 377 g/mol. The predicted octanol–water partition coefficient (Wildman–Crippen LogP) is 4.21. The number of hydrogen-bond donors (Lipinski definition) is 0. The minimum atomic E-state index is 0.0847. The molecule has 1 unspecified atom stereocenters. The van der Waals surface area contributed by atoms with E-state index in [1.807, 2.05) is 30.0 Å². The third kappa shape index (κ3) is 3.42. The van der Waals surface area contributed by atoms with Crippen molar-refractivity contribution in [3.8, 4) is 0 Å². The molecule has 0 radical (unpaired) electrons. The molecule has 1 saturated heterocycles. The average Bonchev–Trinajstić information content (AvgIpc) is 3.25. The number of carbonyl (C=O) groups is 1. The highest BCUT2D eigenvalue weighted by Gasteiger charge is 2.35. The number of imidazole rings is 1. The van der Waals surface area contributed by atoms with E-state index < -0.39 is 0 Å². The Morgan fingerprint density at radius 2 is 2.00 bits per heavy atom. The summed E-state index contributed by atoms with van der Waals surface area (Å²) in [4.78, 5) is 19.7. The summed E-state index contributed by atoms with van der Waals surface area (Å²) in [5, 5.41) is 0. The Hall–Kier alpha value is -2.66. The van der Waals surface area contributed by atoms with E-state index in [1.54, 1.807) is 0 Å². The van der Waals surface area contributed by atoms with Gasteiger partial charge in [0.2, 0.25) is 5.91 Å². The standard InChI is InChI=1S/C23H27N3O2/c1-4-28-12-11-25-20-8-6-5-7-19(20)24-23(25)18-14-22(27)26(15-18)21-13-16(2)9-10-17(21)3/h5-10,13,18H,4,11-12,14-15H2,1-3H3.